The van der Waals surface area contributed by atoms with Crippen molar-refractivity contribution < 1.29 is 4.79 Å². The van der Waals surface area contributed by atoms with Crippen LogP contribution in [0.5, 0.6) is 0 Å². The van der Waals surface area contributed by atoms with Gasteiger partial charge in [-0.05, 0) is 26.2 Å². The van der Waals surface area contributed by atoms with E-state index in [9.17, 15) is 4.79 Å². The van der Waals surface area contributed by atoms with Crippen molar-refractivity contribution in [3.05, 3.63) is 0 Å². The largest absolute Gasteiger partial charge is 0.356 e. The van der Waals surface area contributed by atoms with Gasteiger partial charge in [0.05, 0.1) is 0 Å². The Morgan fingerprint density at radius 1 is 1.06 bits per heavy atom. The van der Waals surface area contributed by atoms with Gasteiger partial charge in [0.1, 0.15) is 0 Å². The van der Waals surface area contributed by atoms with E-state index in [1.807, 2.05) is 6.92 Å². The molecular weight excluding hydrogens is 210 g/mol. The topological polar surface area (TPSA) is 29.1 Å². The van der Waals surface area contributed by atoms with Gasteiger partial charge in [0.2, 0.25) is 5.91 Å². The van der Waals surface area contributed by atoms with Crippen LogP contribution in [0.1, 0.15) is 71.6 Å². The van der Waals surface area contributed by atoms with Crippen LogP contribution in [0.2, 0.25) is 0 Å². The molecule has 1 amide bonds. The summed E-state index contributed by atoms with van der Waals surface area (Å²) in [7, 11) is 0. The summed E-state index contributed by atoms with van der Waals surface area (Å²) in [6, 6.07) is 0. The number of hydrogen-bond donors (Lipinski definition) is 1. The van der Waals surface area contributed by atoms with Gasteiger partial charge in [-0.25, -0.2) is 0 Å². The first-order valence-corrected chi connectivity index (χ1v) is 6.97. The molecule has 2 nitrogen and oxygen atoms in total. The standard InChI is InChI=1S/C15H27NO/c1-3-5-7-9-10-11-13-15(17)16-14-12-8-6-4-2/h4,6-14H2,1-2H3,(H,16,17). The molecule has 0 atom stereocenters. The van der Waals surface area contributed by atoms with Gasteiger partial charge in [0.25, 0.3) is 0 Å². The molecule has 0 aliphatic rings. The maximum atomic E-state index is 11.4. The second-order valence-electron chi connectivity index (χ2n) is 4.40. The highest BCUT2D eigenvalue weighted by molar-refractivity contribution is 5.75. The van der Waals surface area contributed by atoms with Gasteiger partial charge in [-0.3, -0.25) is 4.79 Å². The van der Waals surface area contributed by atoms with Crippen molar-refractivity contribution in [3.63, 3.8) is 0 Å². The summed E-state index contributed by atoms with van der Waals surface area (Å²) < 4.78 is 0. The highest BCUT2D eigenvalue weighted by Crippen LogP contribution is 2.02. The Kier molecular flexibility index (Phi) is 12.3. The lowest BCUT2D eigenvalue weighted by molar-refractivity contribution is -0.121. The van der Waals surface area contributed by atoms with Gasteiger partial charge in [0.15, 0.2) is 0 Å². The van der Waals surface area contributed by atoms with Crippen LogP contribution in [0.15, 0.2) is 0 Å². The molecule has 0 heterocycles. The van der Waals surface area contributed by atoms with Crippen LogP contribution >= 0.6 is 0 Å². The van der Waals surface area contributed by atoms with Crippen LogP contribution in [0.3, 0.4) is 0 Å². The fourth-order valence-corrected chi connectivity index (χ4v) is 1.67. The van der Waals surface area contributed by atoms with Crippen molar-refractivity contribution in [2.75, 3.05) is 6.54 Å². The Hall–Kier alpha value is -0.970. The minimum absolute atomic E-state index is 0.211. The molecule has 0 bridgehead atoms. The average molecular weight is 237 g/mol. The summed E-state index contributed by atoms with van der Waals surface area (Å²) in [6.07, 6.45) is 9.72. The molecule has 0 rings (SSSR count). The molecule has 0 saturated heterocycles. The lowest BCUT2D eigenvalue weighted by Gasteiger charge is -2.04. The molecule has 98 valence electrons. The molecule has 0 aromatic rings. The third kappa shape index (κ3) is 13.0. The van der Waals surface area contributed by atoms with E-state index < -0.39 is 0 Å². The van der Waals surface area contributed by atoms with E-state index in [2.05, 4.69) is 24.1 Å². The van der Waals surface area contributed by atoms with E-state index in [4.69, 9.17) is 0 Å². The molecule has 0 fully saturated rings. The zero-order valence-electron chi connectivity index (χ0n) is 11.5. The second kappa shape index (κ2) is 13.1. The summed E-state index contributed by atoms with van der Waals surface area (Å²) in [5.41, 5.74) is 0. The Morgan fingerprint density at radius 3 is 2.53 bits per heavy atom. The van der Waals surface area contributed by atoms with Gasteiger partial charge < -0.3 is 5.32 Å². The fraction of sp³-hybridized carbons (Fsp3) is 0.800. The smallest absolute Gasteiger partial charge is 0.219 e. The number of unbranched alkanes of at least 4 members (excludes halogenated alkanes) is 6. The predicted molar refractivity (Wildman–Crippen MR) is 73.7 cm³/mol. The Balaban J connectivity index is 3.19. The monoisotopic (exact) mass is 237 g/mol. The van der Waals surface area contributed by atoms with Gasteiger partial charge in [-0.2, -0.15) is 0 Å². The Bertz CT molecular complexity index is 237. The van der Waals surface area contributed by atoms with Gasteiger partial charge in [-0.15, -0.1) is 11.8 Å². The third-order valence-corrected chi connectivity index (χ3v) is 2.73. The highest BCUT2D eigenvalue weighted by Gasteiger charge is 1.99. The number of carbonyl (C=O) groups excluding carboxylic acids is 1. The summed E-state index contributed by atoms with van der Waals surface area (Å²) in [5, 5.41) is 2.98. The SMILES string of the molecule is CC#CCCCCCC(=O)NCCCCCC. The predicted octanol–water partition coefficient (Wildman–Crippen LogP) is 3.66. The maximum absolute atomic E-state index is 11.4. The van der Waals surface area contributed by atoms with E-state index in [0.717, 1.165) is 38.6 Å². The number of nitrogens with one attached hydrogen (secondary N) is 1. The quantitative estimate of drug-likeness (QED) is 0.456. The van der Waals surface area contributed by atoms with Crippen LogP contribution in [0.4, 0.5) is 0 Å². The molecular formula is C15H27NO. The van der Waals surface area contributed by atoms with Crippen molar-refractivity contribution in [3.8, 4) is 11.8 Å². The Morgan fingerprint density at radius 2 is 1.82 bits per heavy atom. The first-order valence-electron chi connectivity index (χ1n) is 6.97. The van der Waals surface area contributed by atoms with Crippen LogP contribution in [0.25, 0.3) is 0 Å². The summed E-state index contributed by atoms with van der Waals surface area (Å²) in [5.74, 6) is 6.13. The molecule has 0 unspecified atom stereocenters. The summed E-state index contributed by atoms with van der Waals surface area (Å²) >= 11 is 0. The van der Waals surface area contributed by atoms with E-state index >= 15 is 0 Å². The molecule has 0 aliphatic heterocycles. The number of hydrogen-bond acceptors (Lipinski definition) is 1. The molecule has 0 radical (unpaired) electrons. The van der Waals surface area contributed by atoms with Gasteiger partial charge in [0, 0.05) is 19.4 Å². The average Bonchev–Trinajstić information content (AvgIpc) is 2.33. The molecule has 0 aromatic heterocycles. The summed E-state index contributed by atoms with van der Waals surface area (Å²) in [4.78, 5) is 11.4. The van der Waals surface area contributed by atoms with Crippen LogP contribution in [0, 0.1) is 11.8 Å². The van der Waals surface area contributed by atoms with Crippen molar-refractivity contribution >= 4 is 5.91 Å². The first kappa shape index (κ1) is 16.0. The first-order chi connectivity index (χ1) is 8.31. The fourth-order valence-electron chi connectivity index (χ4n) is 1.67. The van der Waals surface area contributed by atoms with Crippen LogP contribution < -0.4 is 5.32 Å². The van der Waals surface area contributed by atoms with E-state index in [1.165, 1.54) is 19.3 Å². The highest BCUT2D eigenvalue weighted by atomic mass is 16.1. The molecule has 17 heavy (non-hydrogen) atoms. The molecule has 0 spiro atoms. The lowest BCUT2D eigenvalue weighted by atomic mass is 10.1. The van der Waals surface area contributed by atoms with E-state index in [1.54, 1.807) is 0 Å². The van der Waals surface area contributed by atoms with Gasteiger partial charge in [-0.1, -0.05) is 32.6 Å². The zero-order chi connectivity index (χ0) is 12.8. The molecule has 1 N–H and O–H groups in total. The minimum Gasteiger partial charge on any atom is -0.356 e. The van der Waals surface area contributed by atoms with Crippen molar-refractivity contribution in [2.24, 2.45) is 0 Å². The summed E-state index contributed by atoms with van der Waals surface area (Å²) in [6.45, 7) is 4.91. The zero-order valence-corrected chi connectivity index (χ0v) is 11.5. The lowest BCUT2D eigenvalue weighted by Crippen LogP contribution is -2.23. The van der Waals surface area contributed by atoms with Crippen molar-refractivity contribution in [2.45, 2.75) is 71.6 Å². The van der Waals surface area contributed by atoms with Crippen molar-refractivity contribution in [1.82, 2.24) is 5.32 Å². The van der Waals surface area contributed by atoms with Crippen LogP contribution in [-0.4, -0.2) is 12.5 Å². The second-order valence-corrected chi connectivity index (χ2v) is 4.40. The van der Waals surface area contributed by atoms with E-state index in [-0.39, 0.29) is 5.91 Å². The number of carbonyl (C=O) groups is 1. The van der Waals surface area contributed by atoms with Crippen molar-refractivity contribution in [1.29, 1.82) is 0 Å². The number of rotatable bonds is 10. The maximum Gasteiger partial charge on any atom is 0.219 e. The normalized spacial score (nSPS) is 9.53. The Labute approximate surface area is 107 Å². The van der Waals surface area contributed by atoms with E-state index in [0.29, 0.717) is 6.42 Å². The molecule has 2 heteroatoms. The third-order valence-electron chi connectivity index (χ3n) is 2.73. The molecule has 0 saturated carbocycles. The minimum atomic E-state index is 0.211. The van der Waals surface area contributed by atoms with Gasteiger partial charge >= 0.3 is 0 Å². The number of amides is 1. The molecule has 0 aromatic carbocycles. The molecule has 0 aliphatic carbocycles. The van der Waals surface area contributed by atoms with Crippen LogP contribution in [-0.2, 0) is 4.79 Å².